The number of anilines is 1. The molecule has 0 aliphatic heterocycles. The topological polar surface area (TPSA) is 64.0 Å². The number of nitrogens with one attached hydrogen (secondary N) is 1. The van der Waals surface area contributed by atoms with Crippen molar-refractivity contribution in [2.75, 3.05) is 5.32 Å². The number of benzene rings is 1. The van der Waals surface area contributed by atoms with Crippen molar-refractivity contribution in [2.45, 2.75) is 26.6 Å². The molecule has 0 aliphatic rings. The molecule has 0 spiro atoms. The maximum Gasteiger partial charge on any atom is 0.416 e. The number of aromatic nitrogens is 2. The maximum absolute atomic E-state index is 12.8. The van der Waals surface area contributed by atoms with Crippen molar-refractivity contribution in [1.29, 1.82) is 0 Å². The van der Waals surface area contributed by atoms with Gasteiger partial charge in [-0.15, -0.1) is 11.3 Å². The van der Waals surface area contributed by atoms with Crippen LogP contribution in [-0.4, -0.2) is 15.5 Å². The number of aryl methyl sites for hydroxylation is 2. The quantitative estimate of drug-likeness (QED) is 0.744. The Hall–Kier alpha value is -2.68. The number of fused-ring (bicyclic) bond motifs is 1. The minimum atomic E-state index is -4.51. The second-order valence-corrected chi connectivity index (χ2v) is 6.79. The highest BCUT2D eigenvalue weighted by molar-refractivity contribution is 7.19. The molecule has 0 aliphatic carbocycles. The molecule has 0 fully saturated rings. The van der Waals surface area contributed by atoms with Gasteiger partial charge in [-0.05, 0) is 32.0 Å². The number of hydrogen-bond acceptors (Lipinski definition) is 4. The van der Waals surface area contributed by atoms with Crippen LogP contribution in [0.1, 0.15) is 27.7 Å². The Balaban J connectivity index is 2.04. The summed E-state index contributed by atoms with van der Waals surface area (Å²) < 4.78 is 39.8. The summed E-state index contributed by atoms with van der Waals surface area (Å²) >= 11 is 1.19. The van der Waals surface area contributed by atoms with Crippen LogP contribution in [0.25, 0.3) is 10.2 Å². The van der Waals surface area contributed by atoms with Crippen molar-refractivity contribution in [2.24, 2.45) is 0 Å². The summed E-state index contributed by atoms with van der Waals surface area (Å²) in [6, 6.07) is 4.34. The third-order valence-electron chi connectivity index (χ3n) is 3.87. The molecule has 26 heavy (non-hydrogen) atoms. The van der Waals surface area contributed by atoms with Crippen LogP contribution in [0.15, 0.2) is 35.4 Å². The van der Waals surface area contributed by atoms with E-state index >= 15 is 0 Å². The minimum Gasteiger partial charge on any atom is -0.322 e. The van der Waals surface area contributed by atoms with Gasteiger partial charge in [0, 0.05) is 17.1 Å². The van der Waals surface area contributed by atoms with Gasteiger partial charge in [0.05, 0.1) is 22.8 Å². The molecule has 3 aromatic rings. The highest BCUT2D eigenvalue weighted by Gasteiger charge is 2.30. The number of halogens is 3. The Morgan fingerprint density at radius 2 is 2.08 bits per heavy atom. The Bertz CT molecular complexity index is 1050. The van der Waals surface area contributed by atoms with Gasteiger partial charge in [-0.25, -0.2) is 4.98 Å². The molecule has 1 aromatic carbocycles. The molecule has 0 saturated heterocycles. The number of carbonyl (C=O) groups excluding carboxylic acids is 1. The number of alkyl halides is 3. The lowest BCUT2D eigenvalue weighted by Gasteiger charge is -2.10. The van der Waals surface area contributed by atoms with E-state index in [0.29, 0.717) is 16.3 Å². The molecule has 0 saturated carbocycles. The first kappa shape index (κ1) is 18.1. The highest BCUT2D eigenvalue weighted by Crippen LogP contribution is 2.31. The van der Waals surface area contributed by atoms with Crippen LogP contribution >= 0.6 is 11.3 Å². The SMILES string of the molecule is CCn1cnc2sc(C)c(C(=O)Nc3cccc(C(F)(F)F)c3)c2c1=O. The summed E-state index contributed by atoms with van der Waals surface area (Å²) in [4.78, 5) is 30.4. The van der Waals surface area contributed by atoms with Gasteiger partial charge in [-0.1, -0.05) is 6.07 Å². The number of nitrogens with zero attached hydrogens (tertiary/aromatic N) is 2. The van der Waals surface area contributed by atoms with E-state index in [0.717, 1.165) is 12.1 Å². The zero-order valence-corrected chi connectivity index (χ0v) is 14.7. The molecule has 0 bridgehead atoms. The van der Waals surface area contributed by atoms with Crippen molar-refractivity contribution in [3.05, 3.63) is 57.0 Å². The summed E-state index contributed by atoms with van der Waals surface area (Å²) in [5.41, 5.74) is -1.07. The molecular formula is C17H14F3N3O2S. The molecule has 5 nitrogen and oxygen atoms in total. The standard InChI is InChI=1S/C17H14F3N3O2S/c1-3-23-8-21-15-13(16(23)25)12(9(2)26-15)14(24)22-11-6-4-5-10(7-11)17(18,19)20/h4-8H,3H2,1-2H3,(H,22,24). The van der Waals surface area contributed by atoms with Gasteiger partial charge in [0.15, 0.2) is 0 Å². The van der Waals surface area contributed by atoms with Crippen molar-refractivity contribution in [3.63, 3.8) is 0 Å². The van der Waals surface area contributed by atoms with Crippen LogP contribution in [0.3, 0.4) is 0 Å². The van der Waals surface area contributed by atoms with E-state index in [2.05, 4.69) is 10.3 Å². The smallest absolute Gasteiger partial charge is 0.322 e. The normalized spacial score (nSPS) is 11.7. The number of rotatable bonds is 3. The molecule has 0 atom stereocenters. The molecule has 0 radical (unpaired) electrons. The molecule has 1 N–H and O–H groups in total. The zero-order chi connectivity index (χ0) is 19.1. The molecule has 2 heterocycles. The monoisotopic (exact) mass is 381 g/mol. The van der Waals surface area contributed by atoms with Crippen molar-refractivity contribution in [1.82, 2.24) is 9.55 Å². The highest BCUT2D eigenvalue weighted by atomic mass is 32.1. The molecule has 1 amide bonds. The Labute approximate surface area is 150 Å². The fraction of sp³-hybridized carbons (Fsp3) is 0.235. The number of amides is 1. The predicted octanol–water partition coefficient (Wildman–Crippen LogP) is 4.06. The number of carbonyl (C=O) groups is 1. The summed E-state index contributed by atoms with van der Waals surface area (Å²) in [5, 5.41) is 2.63. The van der Waals surface area contributed by atoms with Crippen LogP contribution in [-0.2, 0) is 12.7 Å². The fourth-order valence-electron chi connectivity index (χ4n) is 2.60. The van der Waals surface area contributed by atoms with Gasteiger partial charge in [0.1, 0.15) is 4.83 Å². The molecule has 2 aromatic heterocycles. The van der Waals surface area contributed by atoms with E-state index in [1.54, 1.807) is 13.8 Å². The lowest BCUT2D eigenvalue weighted by atomic mass is 10.1. The van der Waals surface area contributed by atoms with Gasteiger partial charge in [0.2, 0.25) is 0 Å². The largest absolute Gasteiger partial charge is 0.416 e. The Kier molecular flexibility index (Phi) is 4.57. The number of hydrogen-bond donors (Lipinski definition) is 1. The van der Waals surface area contributed by atoms with Gasteiger partial charge in [-0.3, -0.25) is 14.2 Å². The van der Waals surface area contributed by atoms with Gasteiger partial charge < -0.3 is 5.32 Å². The number of thiophene rings is 1. The van der Waals surface area contributed by atoms with Gasteiger partial charge >= 0.3 is 6.18 Å². The third-order valence-corrected chi connectivity index (χ3v) is 4.88. The third kappa shape index (κ3) is 3.22. The molecule has 136 valence electrons. The van der Waals surface area contributed by atoms with Crippen molar-refractivity contribution in [3.8, 4) is 0 Å². The summed E-state index contributed by atoms with van der Waals surface area (Å²) in [7, 11) is 0. The first-order valence-corrected chi connectivity index (χ1v) is 8.51. The zero-order valence-electron chi connectivity index (χ0n) is 13.8. The van der Waals surface area contributed by atoms with E-state index < -0.39 is 17.6 Å². The average molecular weight is 381 g/mol. The summed E-state index contributed by atoms with van der Waals surface area (Å²) in [6.45, 7) is 3.84. The van der Waals surface area contributed by atoms with E-state index in [9.17, 15) is 22.8 Å². The van der Waals surface area contributed by atoms with Crippen LogP contribution in [0.5, 0.6) is 0 Å². The lowest BCUT2D eigenvalue weighted by molar-refractivity contribution is -0.137. The van der Waals surface area contributed by atoms with Crippen molar-refractivity contribution >= 4 is 33.1 Å². The average Bonchev–Trinajstić information content (AvgIpc) is 2.91. The van der Waals surface area contributed by atoms with Crippen LogP contribution in [0, 0.1) is 6.92 Å². The van der Waals surface area contributed by atoms with Gasteiger partial charge in [0.25, 0.3) is 11.5 Å². The van der Waals surface area contributed by atoms with Crippen LogP contribution < -0.4 is 10.9 Å². The van der Waals surface area contributed by atoms with Crippen molar-refractivity contribution < 1.29 is 18.0 Å². The first-order valence-electron chi connectivity index (χ1n) is 7.69. The summed E-state index contributed by atoms with van der Waals surface area (Å²) in [6.07, 6.45) is -3.10. The Morgan fingerprint density at radius 3 is 2.73 bits per heavy atom. The molecule has 9 heteroatoms. The van der Waals surface area contributed by atoms with E-state index in [4.69, 9.17) is 0 Å². The van der Waals surface area contributed by atoms with Crippen LogP contribution in [0.4, 0.5) is 18.9 Å². The Morgan fingerprint density at radius 1 is 1.35 bits per heavy atom. The lowest BCUT2D eigenvalue weighted by Crippen LogP contribution is -2.22. The fourth-order valence-corrected chi connectivity index (χ4v) is 3.58. The first-order chi connectivity index (χ1) is 12.2. The van der Waals surface area contributed by atoms with Gasteiger partial charge in [-0.2, -0.15) is 13.2 Å². The minimum absolute atomic E-state index is 0.00304. The summed E-state index contributed by atoms with van der Waals surface area (Å²) in [5.74, 6) is -0.638. The van der Waals surface area contributed by atoms with E-state index in [-0.39, 0.29) is 22.2 Å². The van der Waals surface area contributed by atoms with E-state index in [1.807, 2.05) is 0 Å². The van der Waals surface area contributed by atoms with Crippen LogP contribution in [0.2, 0.25) is 0 Å². The second kappa shape index (κ2) is 6.56. The molecule has 3 rings (SSSR count). The maximum atomic E-state index is 12.8. The predicted molar refractivity (Wildman–Crippen MR) is 93.7 cm³/mol. The van der Waals surface area contributed by atoms with E-state index in [1.165, 1.54) is 34.4 Å². The molecule has 0 unspecified atom stereocenters. The second-order valence-electron chi connectivity index (χ2n) is 5.58. The molecular weight excluding hydrogens is 367 g/mol.